The highest BCUT2D eigenvalue weighted by molar-refractivity contribution is 5.73. The van der Waals surface area contributed by atoms with Crippen molar-refractivity contribution in [1.82, 2.24) is 5.32 Å². The number of aliphatic hydroxyl groups excluding tert-OH is 13. The normalized spacial score (nSPS) is 50.2. The van der Waals surface area contributed by atoms with Crippen molar-refractivity contribution in [1.29, 1.82) is 0 Å². The molecule has 25 atom stereocenters. The maximum absolute atomic E-state index is 12.7. The van der Waals surface area contributed by atoms with Crippen molar-refractivity contribution in [3.05, 3.63) is 12.7 Å². The molecule has 5 heterocycles. The van der Waals surface area contributed by atoms with Gasteiger partial charge in [0.2, 0.25) is 5.91 Å². The number of amides is 1. The van der Waals surface area contributed by atoms with Crippen LogP contribution in [-0.4, -0.2) is 252 Å². The molecule has 0 radical (unpaired) electrons. The van der Waals surface area contributed by atoms with Crippen molar-refractivity contribution in [2.75, 3.05) is 26.4 Å². The molecule has 348 valence electrons. The SMILES string of the molecule is C=CCO[C@@H]1O[C@H](CO)[C@H](O[C@H]2O[C@H](C)[C@H](O)[C@H](O[C@@H]3O[C@H](CO)[C@H](O)C(O[C@@H]4O[C@H](CO)[C@H](O)[C@H](O)[C@H]4O[C@@H]4O[C@@H](C)[C@@H](O)[C@@H](O)[C@@H]4O)[C@H]3NC(C)=O)[C@H]2O)[C@H](O)[C@H]1O. The van der Waals surface area contributed by atoms with Crippen LogP contribution in [-0.2, 0) is 52.2 Å². The number of carbonyl (C=O) groups is 1. The van der Waals surface area contributed by atoms with Gasteiger partial charge in [0.05, 0.1) is 38.6 Å². The summed E-state index contributed by atoms with van der Waals surface area (Å²) in [4.78, 5) is 12.7. The van der Waals surface area contributed by atoms with Crippen molar-refractivity contribution in [2.45, 2.75) is 174 Å². The molecule has 1 unspecified atom stereocenters. The topological polar surface area (TPSA) is 384 Å². The third kappa shape index (κ3) is 10.5. The molecule has 25 heteroatoms. The number of aliphatic hydroxyl groups is 13. The lowest BCUT2D eigenvalue weighted by atomic mass is 9.94. The van der Waals surface area contributed by atoms with Crippen LogP contribution in [0.5, 0.6) is 0 Å². The standard InChI is InChI=1S/C35H59NO24/c1-5-6-51-32-25(49)23(47)27(15(9-39)56-32)57-34-26(50)29(18(42)11(3)53-34)59-31-16(36-12(4)40)28(20(44)14(8-38)54-31)58-35-30(22(46)19(43)13(7-37)55-35)60-33-24(48)21(45)17(41)10(2)52-33/h5,10-11,13-35,37-39,41-50H,1,6-9H2,2-4H3,(H,36,40)/t10-,11+,13+,14+,15+,16+,17+,18-,19-,20-,21+,22-,23+,24-,25+,26+,27-,28?,29-,30+,31-,32+,33-,34+,35-/m0/s1. The first-order chi connectivity index (χ1) is 28.4. The van der Waals surface area contributed by atoms with Gasteiger partial charge in [-0.05, 0) is 13.8 Å². The highest BCUT2D eigenvalue weighted by Gasteiger charge is 2.57. The van der Waals surface area contributed by atoms with Gasteiger partial charge in [0.15, 0.2) is 31.5 Å². The molecule has 1 amide bonds. The maximum Gasteiger partial charge on any atom is 0.217 e. The highest BCUT2D eigenvalue weighted by atomic mass is 16.8. The van der Waals surface area contributed by atoms with Crippen molar-refractivity contribution in [3.8, 4) is 0 Å². The molecule has 0 aromatic heterocycles. The minimum atomic E-state index is -1.98. The van der Waals surface area contributed by atoms with Gasteiger partial charge in [-0.1, -0.05) is 6.08 Å². The van der Waals surface area contributed by atoms with E-state index in [4.69, 9.17) is 47.4 Å². The number of nitrogens with one attached hydrogen (secondary N) is 1. The van der Waals surface area contributed by atoms with Crippen molar-refractivity contribution in [2.24, 2.45) is 0 Å². The van der Waals surface area contributed by atoms with Crippen molar-refractivity contribution >= 4 is 5.91 Å². The lowest BCUT2D eigenvalue weighted by Crippen LogP contribution is -2.70. The lowest BCUT2D eigenvalue weighted by Gasteiger charge is -2.50. The largest absolute Gasteiger partial charge is 0.394 e. The van der Waals surface area contributed by atoms with Crippen LogP contribution in [0.1, 0.15) is 20.8 Å². The summed E-state index contributed by atoms with van der Waals surface area (Å²) >= 11 is 0. The molecule has 60 heavy (non-hydrogen) atoms. The van der Waals surface area contributed by atoms with Crippen LogP contribution >= 0.6 is 0 Å². The van der Waals surface area contributed by atoms with Gasteiger partial charge in [0.25, 0.3) is 0 Å². The molecule has 0 saturated carbocycles. The van der Waals surface area contributed by atoms with Gasteiger partial charge in [0.1, 0.15) is 110 Å². The number of hydrogen-bond donors (Lipinski definition) is 14. The summed E-state index contributed by atoms with van der Waals surface area (Å²) in [5.41, 5.74) is 0. The third-order valence-corrected chi connectivity index (χ3v) is 11.0. The van der Waals surface area contributed by atoms with E-state index in [0.717, 1.165) is 6.92 Å². The first kappa shape index (κ1) is 49.3. The molecule has 5 aliphatic heterocycles. The van der Waals surface area contributed by atoms with Gasteiger partial charge in [0, 0.05) is 6.92 Å². The Labute approximate surface area is 343 Å². The van der Waals surface area contributed by atoms with E-state index in [0.29, 0.717) is 0 Å². The average molecular weight is 878 g/mol. The van der Waals surface area contributed by atoms with Crippen LogP contribution in [0.3, 0.4) is 0 Å². The van der Waals surface area contributed by atoms with Crippen LogP contribution in [0, 0.1) is 0 Å². The van der Waals surface area contributed by atoms with Crippen LogP contribution in [0.4, 0.5) is 0 Å². The molecular weight excluding hydrogens is 818 g/mol. The summed E-state index contributed by atoms with van der Waals surface area (Å²) in [5, 5.41) is 142. The van der Waals surface area contributed by atoms with E-state index in [9.17, 15) is 71.2 Å². The molecule has 0 aliphatic carbocycles. The summed E-state index contributed by atoms with van der Waals surface area (Å²) in [6.07, 6.45) is -39.2. The van der Waals surface area contributed by atoms with Gasteiger partial charge in [-0.25, -0.2) is 0 Å². The van der Waals surface area contributed by atoms with Gasteiger partial charge in [-0.3, -0.25) is 4.79 Å². The van der Waals surface area contributed by atoms with Crippen LogP contribution in [0.25, 0.3) is 0 Å². The summed E-state index contributed by atoms with van der Waals surface area (Å²) < 4.78 is 57.3. The summed E-state index contributed by atoms with van der Waals surface area (Å²) in [6, 6.07) is -1.65. The zero-order valence-electron chi connectivity index (χ0n) is 32.9. The Morgan fingerprint density at radius 1 is 0.517 bits per heavy atom. The molecule has 14 N–H and O–H groups in total. The molecule has 25 nitrogen and oxygen atoms in total. The number of rotatable bonds is 15. The van der Waals surface area contributed by atoms with Gasteiger partial charge in [-0.2, -0.15) is 0 Å². The molecular formula is C35H59NO24. The fourth-order valence-electron chi connectivity index (χ4n) is 7.58. The summed E-state index contributed by atoms with van der Waals surface area (Å²) in [5.74, 6) is -0.778. The minimum absolute atomic E-state index is 0.0776. The average Bonchev–Trinajstić information content (AvgIpc) is 3.22. The molecule has 0 aromatic carbocycles. The van der Waals surface area contributed by atoms with Gasteiger partial charge in [-0.15, -0.1) is 6.58 Å². The van der Waals surface area contributed by atoms with Gasteiger partial charge >= 0.3 is 0 Å². The number of carbonyl (C=O) groups excluding carboxylic acids is 1. The predicted octanol–water partition coefficient (Wildman–Crippen LogP) is -8.52. The lowest BCUT2D eigenvalue weighted by molar-refractivity contribution is -0.389. The first-order valence-electron chi connectivity index (χ1n) is 19.4. The second kappa shape index (κ2) is 21.3. The Balaban J connectivity index is 1.41. The van der Waals surface area contributed by atoms with E-state index < -0.39 is 179 Å². The van der Waals surface area contributed by atoms with E-state index >= 15 is 0 Å². The van der Waals surface area contributed by atoms with Crippen LogP contribution in [0.2, 0.25) is 0 Å². The highest BCUT2D eigenvalue weighted by Crippen LogP contribution is 2.36. The van der Waals surface area contributed by atoms with Crippen LogP contribution < -0.4 is 5.32 Å². The molecule has 5 aliphatic rings. The van der Waals surface area contributed by atoms with E-state index in [-0.39, 0.29) is 6.61 Å². The molecule has 0 aromatic rings. The predicted molar refractivity (Wildman–Crippen MR) is 189 cm³/mol. The van der Waals surface area contributed by atoms with Gasteiger partial charge < -0.3 is 119 Å². The van der Waals surface area contributed by atoms with E-state index in [2.05, 4.69) is 11.9 Å². The molecule has 5 saturated heterocycles. The van der Waals surface area contributed by atoms with E-state index in [1.807, 2.05) is 0 Å². The number of ether oxygens (including phenoxy) is 10. The second-order valence-corrected chi connectivity index (χ2v) is 15.3. The maximum atomic E-state index is 12.7. The van der Waals surface area contributed by atoms with E-state index in [1.54, 1.807) is 0 Å². The Bertz CT molecular complexity index is 1370. The first-order valence-corrected chi connectivity index (χ1v) is 19.4. The molecule has 5 rings (SSSR count). The van der Waals surface area contributed by atoms with Crippen molar-refractivity contribution in [3.63, 3.8) is 0 Å². The smallest absolute Gasteiger partial charge is 0.217 e. The quantitative estimate of drug-likeness (QED) is 0.0679. The summed E-state index contributed by atoms with van der Waals surface area (Å²) in [6.45, 7) is 4.62. The Hall–Kier alpha value is -1.71. The fraction of sp³-hybridized carbons (Fsp3) is 0.914. The summed E-state index contributed by atoms with van der Waals surface area (Å²) in [7, 11) is 0. The zero-order chi connectivity index (χ0) is 44.3. The Morgan fingerprint density at radius 3 is 1.60 bits per heavy atom. The zero-order valence-corrected chi connectivity index (χ0v) is 32.9. The molecule has 0 spiro atoms. The van der Waals surface area contributed by atoms with Crippen molar-refractivity contribution < 1.29 is 119 Å². The van der Waals surface area contributed by atoms with E-state index in [1.165, 1.54) is 19.9 Å². The fourth-order valence-corrected chi connectivity index (χ4v) is 7.58. The second-order valence-electron chi connectivity index (χ2n) is 15.3. The number of hydrogen-bond acceptors (Lipinski definition) is 24. The monoisotopic (exact) mass is 877 g/mol. The van der Waals surface area contributed by atoms with Crippen LogP contribution in [0.15, 0.2) is 12.7 Å². The molecule has 5 fully saturated rings. The third-order valence-electron chi connectivity index (χ3n) is 11.0. The minimum Gasteiger partial charge on any atom is -0.394 e. The Morgan fingerprint density at radius 2 is 1.00 bits per heavy atom. The Kier molecular flexibility index (Phi) is 17.5. The molecule has 0 bridgehead atoms.